The van der Waals surface area contributed by atoms with Gasteiger partial charge in [-0.1, -0.05) is 37.6 Å². The molecule has 1 amide bonds. The Kier molecular flexibility index (Phi) is 6.29. The van der Waals surface area contributed by atoms with Gasteiger partial charge in [0.1, 0.15) is 5.75 Å². The van der Waals surface area contributed by atoms with Crippen LogP contribution in [0, 0.1) is 0 Å². The monoisotopic (exact) mass is 458 g/mol. The van der Waals surface area contributed by atoms with E-state index in [2.05, 4.69) is 30.4 Å². The van der Waals surface area contributed by atoms with E-state index in [0.29, 0.717) is 28.7 Å². The van der Waals surface area contributed by atoms with E-state index in [9.17, 15) is 18.0 Å². The van der Waals surface area contributed by atoms with Crippen LogP contribution in [0.3, 0.4) is 0 Å². The minimum Gasteiger partial charge on any atom is -0.406 e. The molecule has 0 aliphatic carbocycles. The molecule has 0 bridgehead atoms. The summed E-state index contributed by atoms with van der Waals surface area (Å²) in [4.78, 5) is 21.2. The number of para-hydroxylation sites is 1. The molecule has 0 saturated heterocycles. The standard InChI is InChI=1S/C22H21F3N6O2/c1-2-3-11-26-18(32)13-27-21-28-17-10-5-4-9-16(17)20-29-19(30-31(20)21)14-7-6-8-15(12-14)33-22(23,24)25/h4-10,12H,2-3,11,13H2,1H3,(H,26,32)(H,27,28). The fourth-order valence-corrected chi connectivity index (χ4v) is 3.25. The minimum atomic E-state index is -4.81. The Morgan fingerprint density at radius 1 is 1.12 bits per heavy atom. The summed E-state index contributed by atoms with van der Waals surface area (Å²) < 4.78 is 43.3. The van der Waals surface area contributed by atoms with Crippen molar-refractivity contribution >= 4 is 28.4 Å². The summed E-state index contributed by atoms with van der Waals surface area (Å²) in [6.45, 7) is 2.60. The van der Waals surface area contributed by atoms with E-state index in [-0.39, 0.29) is 30.0 Å². The number of carbonyl (C=O) groups excluding carboxylic acids is 1. The molecule has 172 valence electrons. The van der Waals surface area contributed by atoms with Crippen molar-refractivity contribution in [3.8, 4) is 17.1 Å². The van der Waals surface area contributed by atoms with Crippen molar-refractivity contribution < 1.29 is 22.7 Å². The van der Waals surface area contributed by atoms with Crippen molar-refractivity contribution in [3.05, 3.63) is 48.5 Å². The molecular formula is C22H21F3N6O2. The van der Waals surface area contributed by atoms with E-state index >= 15 is 0 Å². The van der Waals surface area contributed by atoms with Gasteiger partial charge in [0.25, 0.3) is 0 Å². The summed E-state index contributed by atoms with van der Waals surface area (Å²) in [6, 6.07) is 12.7. The van der Waals surface area contributed by atoms with Crippen LogP contribution in [0.15, 0.2) is 48.5 Å². The molecule has 11 heteroatoms. The number of ether oxygens (including phenoxy) is 1. The van der Waals surface area contributed by atoms with Crippen molar-refractivity contribution in [2.45, 2.75) is 26.1 Å². The van der Waals surface area contributed by atoms with Crippen LogP contribution in [0.5, 0.6) is 5.75 Å². The normalized spacial score (nSPS) is 11.6. The summed E-state index contributed by atoms with van der Waals surface area (Å²) >= 11 is 0. The van der Waals surface area contributed by atoms with Gasteiger partial charge in [-0.15, -0.1) is 18.3 Å². The molecule has 2 aromatic heterocycles. The molecule has 0 fully saturated rings. The second kappa shape index (κ2) is 9.31. The number of fused-ring (bicyclic) bond motifs is 3. The maximum atomic E-state index is 12.6. The Labute approximate surface area is 186 Å². The molecule has 8 nitrogen and oxygen atoms in total. The van der Waals surface area contributed by atoms with Gasteiger partial charge in [0.15, 0.2) is 11.5 Å². The zero-order valence-electron chi connectivity index (χ0n) is 17.7. The quantitative estimate of drug-likeness (QED) is 0.385. The molecule has 0 radical (unpaired) electrons. The average molecular weight is 458 g/mol. The predicted octanol–water partition coefficient (Wildman–Crippen LogP) is 4.17. The number of halogens is 3. The highest BCUT2D eigenvalue weighted by molar-refractivity contribution is 5.93. The summed E-state index contributed by atoms with van der Waals surface area (Å²) in [5.41, 5.74) is 1.42. The lowest BCUT2D eigenvalue weighted by Gasteiger charge is -2.09. The van der Waals surface area contributed by atoms with Gasteiger partial charge in [0, 0.05) is 17.5 Å². The number of nitrogens with one attached hydrogen (secondary N) is 2. The Morgan fingerprint density at radius 3 is 2.73 bits per heavy atom. The number of hydrogen-bond acceptors (Lipinski definition) is 6. The first-order chi connectivity index (χ1) is 15.8. The predicted molar refractivity (Wildman–Crippen MR) is 117 cm³/mol. The third kappa shape index (κ3) is 5.30. The molecule has 2 heterocycles. The number of benzene rings is 2. The first-order valence-corrected chi connectivity index (χ1v) is 10.4. The second-order valence-electron chi connectivity index (χ2n) is 7.26. The topological polar surface area (TPSA) is 93.4 Å². The number of alkyl halides is 3. The van der Waals surface area contributed by atoms with Crippen LogP contribution >= 0.6 is 0 Å². The molecule has 0 spiro atoms. The molecule has 33 heavy (non-hydrogen) atoms. The molecule has 0 aliphatic rings. The van der Waals surface area contributed by atoms with Crippen LogP contribution in [0.1, 0.15) is 19.8 Å². The first kappa shape index (κ1) is 22.3. The van der Waals surface area contributed by atoms with E-state index in [1.807, 2.05) is 25.1 Å². The fourth-order valence-electron chi connectivity index (χ4n) is 3.25. The Hall–Kier alpha value is -3.89. The zero-order chi connectivity index (χ0) is 23.4. The molecule has 2 aromatic carbocycles. The van der Waals surface area contributed by atoms with Crippen LogP contribution in [0.25, 0.3) is 27.9 Å². The van der Waals surface area contributed by atoms with E-state index in [1.165, 1.54) is 22.7 Å². The highest BCUT2D eigenvalue weighted by Gasteiger charge is 2.31. The van der Waals surface area contributed by atoms with E-state index in [0.717, 1.165) is 12.8 Å². The number of carbonyl (C=O) groups is 1. The van der Waals surface area contributed by atoms with Crippen molar-refractivity contribution in [1.29, 1.82) is 0 Å². The summed E-state index contributed by atoms with van der Waals surface area (Å²) in [5, 5.41) is 10.9. The van der Waals surface area contributed by atoms with Gasteiger partial charge in [-0.3, -0.25) is 4.79 Å². The molecule has 0 saturated carbocycles. The third-order valence-corrected chi connectivity index (χ3v) is 4.76. The SMILES string of the molecule is CCCCNC(=O)CNc1nc2ccccc2c2nc(-c3cccc(OC(F)(F)F)c3)nn12. The summed E-state index contributed by atoms with van der Waals surface area (Å²) in [5.74, 6) is -0.0835. The van der Waals surface area contributed by atoms with Crippen molar-refractivity contribution in [3.63, 3.8) is 0 Å². The fraction of sp³-hybridized carbons (Fsp3) is 0.273. The average Bonchev–Trinajstić information content (AvgIpc) is 3.23. The number of unbranched alkanes of at least 4 members (excludes halogenated alkanes) is 1. The van der Waals surface area contributed by atoms with E-state index < -0.39 is 6.36 Å². The van der Waals surface area contributed by atoms with Gasteiger partial charge >= 0.3 is 6.36 Å². The van der Waals surface area contributed by atoms with Crippen LogP contribution in [-0.4, -0.2) is 44.9 Å². The number of hydrogen-bond donors (Lipinski definition) is 2. The van der Waals surface area contributed by atoms with Gasteiger partial charge in [-0.05, 0) is 30.7 Å². The number of aromatic nitrogens is 4. The van der Waals surface area contributed by atoms with Gasteiger partial charge in [-0.2, -0.15) is 4.52 Å². The van der Waals surface area contributed by atoms with Crippen LogP contribution < -0.4 is 15.4 Å². The second-order valence-corrected chi connectivity index (χ2v) is 7.26. The van der Waals surface area contributed by atoms with Crippen molar-refractivity contribution in [1.82, 2.24) is 24.9 Å². The summed E-state index contributed by atoms with van der Waals surface area (Å²) in [7, 11) is 0. The Balaban J connectivity index is 1.70. The first-order valence-electron chi connectivity index (χ1n) is 10.4. The van der Waals surface area contributed by atoms with Crippen molar-refractivity contribution in [2.24, 2.45) is 0 Å². The number of amides is 1. The van der Waals surface area contributed by atoms with Crippen molar-refractivity contribution in [2.75, 3.05) is 18.4 Å². The number of rotatable bonds is 8. The van der Waals surface area contributed by atoms with Crippen LogP contribution in [0.4, 0.5) is 19.1 Å². The molecule has 4 rings (SSSR count). The highest BCUT2D eigenvalue weighted by Crippen LogP contribution is 2.28. The van der Waals surface area contributed by atoms with E-state index in [4.69, 9.17) is 0 Å². The maximum Gasteiger partial charge on any atom is 0.573 e. The number of nitrogens with zero attached hydrogens (tertiary/aromatic N) is 4. The molecule has 2 N–H and O–H groups in total. The molecule has 0 atom stereocenters. The van der Waals surface area contributed by atoms with Gasteiger partial charge in [0.05, 0.1) is 12.1 Å². The summed E-state index contributed by atoms with van der Waals surface area (Å²) in [6.07, 6.45) is -2.95. The lowest BCUT2D eigenvalue weighted by Crippen LogP contribution is -2.31. The van der Waals surface area contributed by atoms with Crippen LogP contribution in [-0.2, 0) is 4.79 Å². The van der Waals surface area contributed by atoms with E-state index in [1.54, 1.807) is 12.1 Å². The lowest BCUT2D eigenvalue weighted by molar-refractivity contribution is -0.274. The third-order valence-electron chi connectivity index (χ3n) is 4.76. The Morgan fingerprint density at radius 2 is 1.94 bits per heavy atom. The molecular weight excluding hydrogens is 437 g/mol. The largest absolute Gasteiger partial charge is 0.573 e. The zero-order valence-corrected chi connectivity index (χ0v) is 17.7. The Bertz CT molecular complexity index is 1290. The van der Waals surface area contributed by atoms with Gasteiger partial charge in [0.2, 0.25) is 11.9 Å². The molecule has 0 aliphatic heterocycles. The molecule has 4 aromatic rings. The number of anilines is 1. The molecule has 0 unspecified atom stereocenters. The van der Waals surface area contributed by atoms with Crippen LogP contribution in [0.2, 0.25) is 0 Å². The highest BCUT2D eigenvalue weighted by atomic mass is 19.4. The van der Waals surface area contributed by atoms with Gasteiger partial charge in [-0.25, -0.2) is 9.97 Å². The smallest absolute Gasteiger partial charge is 0.406 e. The lowest BCUT2D eigenvalue weighted by atomic mass is 10.2. The minimum absolute atomic E-state index is 0.0196. The maximum absolute atomic E-state index is 12.6. The van der Waals surface area contributed by atoms with Gasteiger partial charge < -0.3 is 15.4 Å².